The topological polar surface area (TPSA) is 58.4 Å². The van der Waals surface area contributed by atoms with Crippen LogP contribution in [-0.4, -0.2) is 35.5 Å². The number of benzene rings is 1. The smallest absolute Gasteiger partial charge is 0.352 e. The van der Waals surface area contributed by atoms with Crippen LogP contribution in [0.4, 0.5) is 13.2 Å². The summed E-state index contributed by atoms with van der Waals surface area (Å²) in [6.45, 7) is 4.07. The van der Waals surface area contributed by atoms with Crippen LogP contribution in [0.3, 0.4) is 0 Å². The van der Waals surface area contributed by atoms with Gasteiger partial charge in [0.2, 0.25) is 5.91 Å². The normalized spacial score (nSPS) is 27.6. The number of halogens is 5. The van der Waals surface area contributed by atoms with Crippen LogP contribution < -0.4 is 11.1 Å². The van der Waals surface area contributed by atoms with Crippen LogP contribution in [0.15, 0.2) is 24.3 Å². The van der Waals surface area contributed by atoms with Gasteiger partial charge in [-0.3, -0.25) is 9.69 Å². The Labute approximate surface area is 182 Å². The maximum Gasteiger partial charge on any atom is 0.416 e. The number of nitrogens with two attached hydrogens (primary N) is 1. The van der Waals surface area contributed by atoms with Crippen molar-refractivity contribution in [2.75, 3.05) is 13.1 Å². The van der Waals surface area contributed by atoms with Gasteiger partial charge in [0.05, 0.1) is 11.5 Å². The van der Waals surface area contributed by atoms with Crippen molar-refractivity contribution in [1.29, 1.82) is 0 Å². The molecule has 166 valence electrons. The highest BCUT2D eigenvalue weighted by Gasteiger charge is 2.39. The van der Waals surface area contributed by atoms with Crippen LogP contribution in [0.2, 0.25) is 0 Å². The van der Waals surface area contributed by atoms with E-state index in [1.54, 1.807) is 0 Å². The van der Waals surface area contributed by atoms with Crippen LogP contribution in [-0.2, 0) is 17.5 Å². The van der Waals surface area contributed by atoms with E-state index in [0.717, 1.165) is 56.3 Å². The molecule has 1 aromatic rings. The maximum atomic E-state index is 12.6. The molecule has 1 aromatic carbocycles. The fourth-order valence-electron chi connectivity index (χ4n) is 4.24. The van der Waals surface area contributed by atoms with Crippen molar-refractivity contribution in [1.82, 2.24) is 10.2 Å². The molecular weight excluding hydrogens is 426 g/mol. The van der Waals surface area contributed by atoms with Crippen LogP contribution in [0, 0.1) is 5.92 Å². The van der Waals surface area contributed by atoms with Crippen molar-refractivity contribution < 1.29 is 18.0 Å². The van der Waals surface area contributed by atoms with E-state index in [-0.39, 0.29) is 42.7 Å². The molecule has 3 unspecified atom stereocenters. The van der Waals surface area contributed by atoms with Crippen LogP contribution in [0.25, 0.3) is 0 Å². The molecule has 1 aliphatic carbocycles. The second-order valence-electron chi connectivity index (χ2n) is 8.23. The van der Waals surface area contributed by atoms with E-state index in [0.29, 0.717) is 13.1 Å². The van der Waals surface area contributed by atoms with E-state index < -0.39 is 17.3 Å². The number of nitrogens with one attached hydrogen (secondary N) is 1. The van der Waals surface area contributed by atoms with Gasteiger partial charge < -0.3 is 11.1 Å². The summed E-state index contributed by atoms with van der Waals surface area (Å²) in [7, 11) is 0. The summed E-state index contributed by atoms with van der Waals surface area (Å²) in [5, 5.41) is 3.14. The average Bonchev–Trinajstić information content (AvgIpc) is 3.01. The minimum absolute atomic E-state index is 0. The lowest BCUT2D eigenvalue weighted by Crippen LogP contribution is -2.54. The van der Waals surface area contributed by atoms with Crippen molar-refractivity contribution in [3.63, 3.8) is 0 Å². The number of carbonyl (C=O) groups is 1. The number of carbonyl (C=O) groups excluding carboxylic acids is 1. The summed E-state index contributed by atoms with van der Waals surface area (Å²) in [6.07, 6.45) is 0.353. The number of nitrogens with zero attached hydrogens (tertiary/aromatic N) is 1. The molecule has 1 saturated heterocycles. The highest BCUT2D eigenvalue weighted by atomic mass is 35.5. The molecule has 0 aromatic heterocycles. The fraction of sp³-hybridized carbons (Fsp3) is 0.650. The molecule has 3 rings (SSSR count). The second-order valence-corrected chi connectivity index (χ2v) is 8.23. The predicted octanol–water partition coefficient (Wildman–Crippen LogP) is 4.15. The Morgan fingerprint density at radius 2 is 1.86 bits per heavy atom. The van der Waals surface area contributed by atoms with Crippen LogP contribution in [0.1, 0.15) is 50.2 Å². The highest BCUT2D eigenvalue weighted by Crippen LogP contribution is 2.32. The lowest BCUT2D eigenvalue weighted by atomic mass is 9.74. The molecule has 3 N–H and O–H groups in total. The summed E-state index contributed by atoms with van der Waals surface area (Å²) in [5.41, 5.74) is 6.09. The fourth-order valence-corrected chi connectivity index (χ4v) is 4.24. The van der Waals surface area contributed by atoms with Gasteiger partial charge in [0, 0.05) is 31.2 Å². The van der Waals surface area contributed by atoms with Gasteiger partial charge in [0.25, 0.3) is 0 Å². The van der Waals surface area contributed by atoms with E-state index in [2.05, 4.69) is 10.2 Å². The van der Waals surface area contributed by atoms with Gasteiger partial charge in [0.1, 0.15) is 0 Å². The first-order valence-electron chi connectivity index (χ1n) is 9.63. The van der Waals surface area contributed by atoms with Crippen molar-refractivity contribution in [3.05, 3.63) is 35.4 Å². The Morgan fingerprint density at radius 3 is 2.45 bits per heavy atom. The zero-order valence-corrected chi connectivity index (χ0v) is 18.1. The first-order chi connectivity index (χ1) is 12.6. The van der Waals surface area contributed by atoms with Crippen molar-refractivity contribution in [2.24, 2.45) is 11.7 Å². The van der Waals surface area contributed by atoms with E-state index in [4.69, 9.17) is 5.73 Å². The Kier molecular flexibility index (Phi) is 9.27. The number of hydrogen-bond donors (Lipinski definition) is 2. The molecular formula is C20H30Cl2F3N3O. The Balaban J connectivity index is 0.00000210. The van der Waals surface area contributed by atoms with Crippen molar-refractivity contribution in [2.45, 2.75) is 63.3 Å². The molecule has 1 amide bonds. The van der Waals surface area contributed by atoms with Gasteiger partial charge in [-0.05, 0) is 43.9 Å². The molecule has 0 spiro atoms. The largest absolute Gasteiger partial charge is 0.416 e. The van der Waals surface area contributed by atoms with E-state index in [1.807, 2.05) is 6.92 Å². The molecule has 1 saturated carbocycles. The van der Waals surface area contributed by atoms with Gasteiger partial charge >= 0.3 is 6.18 Å². The molecule has 1 heterocycles. The van der Waals surface area contributed by atoms with Gasteiger partial charge in [-0.15, -0.1) is 24.8 Å². The molecule has 2 aliphatic rings. The molecule has 3 atom stereocenters. The summed E-state index contributed by atoms with van der Waals surface area (Å²) >= 11 is 0. The molecule has 4 nitrogen and oxygen atoms in total. The third-order valence-corrected chi connectivity index (χ3v) is 5.88. The lowest BCUT2D eigenvalue weighted by Gasteiger charge is -2.37. The Hall–Kier alpha value is -1.02. The van der Waals surface area contributed by atoms with Crippen molar-refractivity contribution >= 4 is 30.7 Å². The molecule has 29 heavy (non-hydrogen) atoms. The number of alkyl halides is 3. The monoisotopic (exact) mass is 455 g/mol. The van der Waals surface area contributed by atoms with Crippen LogP contribution >= 0.6 is 24.8 Å². The summed E-state index contributed by atoms with van der Waals surface area (Å²) in [4.78, 5) is 14.8. The molecule has 9 heteroatoms. The molecule has 2 fully saturated rings. The average molecular weight is 456 g/mol. The first kappa shape index (κ1) is 26.0. The third-order valence-electron chi connectivity index (χ3n) is 5.88. The van der Waals surface area contributed by atoms with Gasteiger partial charge in [-0.2, -0.15) is 13.2 Å². The standard InChI is InChI=1S/C20H28F3N3O.2ClH/c1-19(24)10-3-2-4-17(19)18(27)25-16-9-11-26(13-16)12-14-5-7-15(8-6-14)20(21,22)23;;/h5-8,16-17H,2-4,9-13,24H2,1H3,(H,25,27);2*1H. The van der Waals surface area contributed by atoms with Gasteiger partial charge in [-0.1, -0.05) is 25.0 Å². The zero-order valence-electron chi connectivity index (χ0n) is 16.5. The predicted molar refractivity (Wildman–Crippen MR) is 112 cm³/mol. The lowest BCUT2D eigenvalue weighted by molar-refractivity contribution is -0.137. The van der Waals surface area contributed by atoms with Gasteiger partial charge in [-0.25, -0.2) is 0 Å². The summed E-state index contributed by atoms with van der Waals surface area (Å²) in [5.74, 6) is -0.101. The van der Waals surface area contributed by atoms with E-state index in [1.165, 1.54) is 12.1 Å². The Bertz CT molecular complexity index is 668. The number of rotatable bonds is 4. The van der Waals surface area contributed by atoms with Gasteiger partial charge in [0.15, 0.2) is 0 Å². The Morgan fingerprint density at radius 1 is 1.21 bits per heavy atom. The number of amides is 1. The molecule has 0 bridgehead atoms. The van der Waals surface area contributed by atoms with E-state index >= 15 is 0 Å². The third kappa shape index (κ3) is 6.74. The van der Waals surface area contributed by atoms with E-state index in [9.17, 15) is 18.0 Å². The second kappa shape index (κ2) is 10.3. The molecule has 0 radical (unpaired) electrons. The number of hydrogen-bond acceptors (Lipinski definition) is 3. The quantitative estimate of drug-likeness (QED) is 0.716. The maximum absolute atomic E-state index is 12.6. The summed E-state index contributed by atoms with van der Waals surface area (Å²) < 4.78 is 37.9. The highest BCUT2D eigenvalue weighted by molar-refractivity contribution is 5.85. The minimum Gasteiger partial charge on any atom is -0.352 e. The van der Waals surface area contributed by atoms with Crippen molar-refractivity contribution in [3.8, 4) is 0 Å². The summed E-state index contributed by atoms with van der Waals surface area (Å²) in [6, 6.07) is 5.36. The number of likely N-dealkylation sites (tertiary alicyclic amines) is 1. The minimum atomic E-state index is -4.31. The zero-order chi connectivity index (χ0) is 19.7. The first-order valence-corrected chi connectivity index (χ1v) is 9.63. The SMILES string of the molecule is CC1(N)CCCCC1C(=O)NC1CCN(Cc2ccc(C(F)(F)F)cc2)C1.Cl.Cl. The van der Waals surface area contributed by atoms with Crippen LogP contribution in [0.5, 0.6) is 0 Å². The molecule has 1 aliphatic heterocycles.